The molecule has 0 aliphatic rings. The Morgan fingerprint density at radius 1 is 1.35 bits per heavy atom. The van der Waals surface area contributed by atoms with E-state index in [9.17, 15) is 18.0 Å². The van der Waals surface area contributed by atoms with Crippen LogP contribution in [-0.4, -0.2) is 38.6 Å². The van der Waals surface area contributed by atoms with Crippen molar-refractivity contribution in [3.8, 4) is 0 Å². The Morgan fingerprint density at radius 3 is 2.52 bits per heavy atom. The number of carboxylic acids is 1. The van der Waals surface area contributed by atoms with Crippen molar-refractivity contribution in [2.75, 3.05) is 7.11 Å². The van der Waals surface area contributed by atoms with Gasteiger partial charge in [-0.05, 0) is 24.6 Å². The molecule has 9 heteroatoms. The first-order chi connectivity index (χ1) is 10.7. The molecule has 0 amide bonds. The van der Waals surface area contributed by atoms with E-state index in [4.69, 9.17) is 16.7 Å². The van der Waals surface area contributed by atoms with Crippen LogP contribution in [0.4, 0.5) is 0 Å². The number of rotatable bonds is 8. The maximum Gasteiger partial charge on any atom is 0.337 e. The fourth-order valence-electron chi connectivity index (χ4n) is 1.85. The lowest BCUT2D eigenvalue weighted by molar-refractivity contribution is -0.139. The summed E-state index contributed by atoms with van der Waals surface area (Å²) in [6.45, 7) is 1.87. The van der Waals surface area contributed by atoms with Gasteiger partial charge < -0.3 is 9.84 Å². The number of nitrogens with one attached hydrogen (secondary N) is 1. The van der Waals surface area contributed by atoms with Gasteiger partial charge in [0.05, 0.1) is 17.6 Å². The molecule has 7 nitrogen and oxygen atoms in total. The molecule has 0 spiro atoms. The minimum absolute atomic E-state index is 0.0220. The highest BCUT2D eigenvalue weighted by Gasteiger charge is 2.26. The van der Waals surface area contributed by atoms with Crippen LogP contribution in [0, 0.1) is 0 Å². The lowest BCUT2D eigenvalue weighted by Gasteiger charge is -2.15. The van der Waals surface area contributed by atoms with Crippen LogP contribution in [0.15, 0.2) is 23.1 Å². The molecule has 0 bridgehead atoms. The second-order valence-corrected chi connectivity index (χ2v) is 6.97. The van der Waals surface area contributed by atoms with Gasteiger partial charge >= 0.3 is 11.9 Å². The Hall–Kier alpha value is -1.64. The molecule has 0 heterocycles. The summed E-state index contributed by atoms with van der Waals surface area (Å²) in [5, 5.41) is 9.14. The summed E-state index contributed by atoms with van der Waals surface area (Å²) in [7, 11) is -2.99. The normalized spacial score (nSPS) is 12.7. The zero-order chi connectivity index (χ0) is 17.6. The minimum Gasteiger partial charge on any atom is -0.480 e. The molecule has 1 rings (SSSR count). The summed E-state index contributed by atoms with van der Waals surface area (Å²) in [6, 6.07) is 2.23. The molecular weight excluding hydrogens is 346 g/mol. The van der Waals surface area contributed by atoms with Crippen LogP contribution in [-0.2, 0) is 19.6 Å². The quantitative estimate of drug-likeness (QED) is 0.684. The molecule has 23 heavy (non-hydrogen) atoms. The third kappa shape index (κ3) is 5.49. The molecule has 1 aromatic rings. The highest BCUT2D eigenvalue weighted by atomic mass is 35.5. The number of sulfonamides is 1. The highest BCUT2D eigenvalue weighted by molar-refractivity contribution is 7.89. The molecule has 0 aliphatic carbocycles. The van der Waals surface area contributed by atoms with Gasteiger partial charge in [0.2, 0.25) is 10.0 Å². The van der Waals surface area contributed by atoms with Crippen molar-refractivity contribution >= 4 is 33.6 Å². The number of carboxylic acid groups (broad SMARTS) is 1. The zero-order valence-corrected chi connectivity index (χ0v) is 14.3. The van der Waals surface area contributed by atoms with Gasteiger partial charge in [0.15, 0.2) is 0 Å². The first-order valence-electron chi connectivity index (χ1n) is 6.85. The van der Waals surface area contributed by atoms with Crippen LogP contribution in [0.25, 0.3) is 0 Å². The molecule has 0 saturated heterocycles. The number of carbonyl (C=O) groups excluding carboxylic acids is 1. The average Bonchev–Trinajstić information content (AvgIpc) is 2.49. The van der Waals surface area contributed by atoms with Crippen LogP contribution in [0.5, 0.6) is 0 Å². The van der Waals surface area contributed by atoms with Crippen LogP contribution in [0.3, 0.4) is 0 Å². The summed E-state index contributed by atoms with van der Waals surface area (Å²) >= 11 is 5.82. The second-order valence-electron chi connectivity index (χ2n) is 4.82. The lowest BCUT2D eigenvalue weighted by Crippen LogP contribution is -2.40. The lowest BCUT2D eigenvalue weighted by atomic mass is 10.1. The van der Waals surface area contributed by atoms with Crippen molar-refractivity contribution in [2.45, 2.75) is 37.1 Å². The first-order valence-corrected chi connectivity index (χ1v) is 8.71. The molecule has 128 valence electrons. The summed E-state index contributed by atoms with van der Waals surface area (Å²) in [4.78, 5) is 22.4. The molecular formula is C14H18ClNO6S. The Kier molecular flexibility index (Phi) is 6.99. The van der Waals surface area contributed by atoms with Crippen LogP contribution < -0.4 is 4.72 Å². The molecule has 0 unspecified atom stereocenters. The monoisotopic (exact) mass is 363 g/mol. The van der Waals surface area contributed by atoms with E-state index < -0.39 is 28.0 Å². The molecule has 2 N–H and O–H groups in total. The Labute approximate surface area is 139 Å². The zero-order valence-electron chi connectivity index (χ0n) is 12.7. The number of hydrogen-bond acceptors (Lipinski definition) is 5. The maximum atomic E-state index is 12.3. The number of methoxy groups -OCH3 is 1. The molecule has 1 aromatic carbocycles. The number of benzene rings is 1. The number of hydrogen-bond donors (Lipinski definition) is 2. The van der Waals surface area contributed by atoms with Crippen molar-refractivity contribution in [2.24, 2.45) is 0 Å². The SMILES string of the molecule is CCCC[C@H](NS(=O)(=O)c1cc(Cl)cc(C(=O)OC)c1)C(=O)O. The fourth-order valence-corrected chi connectivity index (χ4v) is 3.44. The fraction of sp³-hybridized carbons (Fsp3) is 0.429. The van der Waals surface area contributed by atoms with Crippen molar-refractivity contribution in [3.63, 3.8) is 0 Å². The smallest absolute Gasteiger partial charge is 0.337 e. The van der Waals surface area contributed by atoms with E-state index in [0.717, 1.165) is 25.7 Å². The molecule has 0 aliphatic heterocycles. The predicted octanol–water partition coefficient (Wildman–Crippen LogP) is 2.05. The topological polar surface area (TPSA) is 110 Å². The Bertz CT molecular complexity index is 689. The van der Waals surface area contributed by atoms with E-state index in [1.807, 2.05) is 6.92 Å². The van der Waals surface area contributed by atoms with Crippen LogP contribution >= 0.6 is 11.6 Å². The highest BCUT2D eigenvalue weighted by Crippen LogP contribution is 2.20. The van der Waals surface area contributed by atoms with Crippen LogP contribution in [0.1, 0.15) is 36.5 Å². The van der Waals surface area contributed by atoms with E-state index in [0.29, 0.717) is 6.42 Å². The van der Waals surface area contributed by atoms with E-state index in [-0.39, 0.29) is 21.9 Å². The summed E-state index contributed by atoms with van der Waals surface area (Å²) < 4.78 is 31.3. The summed E-state index contributed by atoms with van der Waals surface area (Å²) in [5.74, 6) is -2.01. The van der Waals surface area contributed by atoms with E-state index in [2.05, 4.69) is 9.46 Å². The predicted molar refractivity (Wildman–Crippen MR) is 84.1 cm³/mol. The average molecular weight is 364 g/mol. The van der Waals surface area contributed by atoms with Crippen molar-refractivity contribution in [1.29, 1.82) is 0 Å². The van der Waals surface area contributed by atoms with E-state index in [1.165, 1.54) is 6.07 Å². The van der Waals surface area contributed by atoms with Gasteiger partial charge in [-0.2, -0.15) is 4.72 Å². The van der Waals surface area contributed by atoms with Crippen molar-refractivity contribution in [3.05, 3.63) is 28.8 Å². The van der Waals surface area contributed by atoms with E-state index in [1.54, 1.807) is 0 Å². The van der Waals surface area contributed by atoms with E-state index >= 15 is 0 Å². The Balaban J connectivity index is 3.14. The maximum absolute atomic E-state index is 12.3. The first kappa shape index (κ1) is 19.4. The molecule has 0 fully saturated rings. The Morgan fingerprint density at radius 2 is 2.00 bits per heavy atom. The molecule has 1 atom stereocenters. The van der Waals surface area contributed by atoms with Crippen molar-refractivity contribution < 1.29 is 27.9 Å². The second kappa shape index (κ2) is 8.28. The summed E-state index contributed by atoms with van der Waals surface area (Å²) in [6.07, 6.45) is 1.45. The number of carbonyl (C=O) groups is 2. The van der Waals surface area contributed by atoms with Crippen molar-refractivity contribution in [1.82, 2.24) is 4.72 Å². The number of ether oxygens (including phenoxy) is 1. The standard InChI is InChI=1S/C14H18ClNO6S/c1-3-4-5-12(13(17)18)16-23(20,21)11-7-9(14(19)22-2)6-10(15)8-11/h6-8,12,16H,3-5H2,1-2H3,(H,17,18)/t12-/m0/s1. The minimum atomic E-state index is -4.14. The van der Waals surface area contributed by atoms with Gasteiger partial charge in [-0.3, -0.25) is 4.79 Å². The van der Waals surface area contributed by atoms with Crippen LogP contribution in [0.2, 0.25) is 5.02 Å². The third-order valence-electron chi connectivity index (χ3n) is 3.04. The number of aliphatic carboxylic acids is 1. The van der Waals surface area contributed by atoms with Gasteiger partial charge in [0, 0.05) is 5.02 Å². The molecule has 0 aromatic heterocycles. The van der Waals surface area contributed by atoms with Gasteiger partial charge in [-0.25, -0.2) is 13.2 Å². The summed E-state index contributed by atoms with van der Waals surface area (Å²) in [5.41, 5.74) is -0.0409. The van der Waals surface area contributed by atoms with Gasteiger partial charge in [0.1, 0.15) is 6.04 Å². The molecule has 0 saturated carbocycles. The largest absolute Gasteiger partial charge is 0.480 e. The number of esters is 1. The number of unbranched alkanes of at least 4 members (excludes halogenated alkanes) is 1. The third-order valence-corrected chi connectivity index (χ3v) is 4.71. The van der Waals surface area contributed by atoms with Gasteiger partial charge in [0.25, 0.3) is 0 Å². The number of halogens is 1. The molecule has 0 radical (unpaired) electrons. The van der Waals surface area contributed by atoms with Gasteiger partial charge in [-0.15, -0.1) is 0 Å². The van der Waals surface area contributed by atoms with Gasteiger partial charge in [-0.1, -0.05) is 31.4 Å².